The molecule has 124 valence electrons. The molecule has 23 heavy (non-hydrogen) atoms. The van der Waals surface area contributed by atoms with E-state index in [-0.39, 0.29) is 24.0 Å². The summed E-state index contributed by atoms with van der Waals surface area (Å²) in [7, 11) is 1.71. The number of carbonyl (C=O) groups excluding carboxylic acids is 1. The van der Waals surface area contributed by atoms with Crippen LogP contribution in [0.25, 0.3) is 0 Å². The third-order valence-corrected chi connectivity index (χ3v) is 5.50. The quantitative estimate of drug-likeness (QED) is 0.890. The summed E-state index contributed by atoms with van der Waals surface area (Å²) in [5, 5.41) is 6.64. The van der Waals surface area contributed by atoms with Gasteiger partial charge in [-0.25, -0.2) is 0 Å². The van der Waals surface area contributed by atoms with E-state index in [1.807, 2.05) is 12.1 Å². The van der Waals surface area contributed by atoms with Crippen LogP contribution in [0.15, 0.2) is 18.2 Å². The molecule has 1 saturated heterocycles. The van der Waals surface area contributed by atoms with Gasteiger partial charge in [-0.3, -0.25) is 4.79 Å². The Kier molecular flexibility index (Phi) is 3.99. The van der Waals surface area contributed by atoms with E-state index in [9.17, 15) is 4.79 Å². The Morgan fingerprint density at radius 2 is 2.39 bits per heavy atom. The molecule has 2 N–H and O–H groups in total. The first-order valence-corrected chi connectivity index (χ1v) is 8.57. The Morgan fingerprint density at radius 1 is 1.48 bits per heavy atom. The van der Waals surface area contributed by atoms with Crippen LogP contribution in [0.5, 0.6) is 0 Å². The van der Waals surface area contributed by atoms with Gasteiger partial charge in [-0.1, -0.05) is 12.1 Å². The second kappa shape index (κ2) is 6.13. The Bertz CT molecular complexity index is 604. The second-order valence-corrected chi connectivity index (χ2v) is 6.78. The van der Waals surface area contributed by atoms with Crippen LogP contribution in [0.4, 0.5) is 5.69 Å². The van der Waals surface area contributed by atoms with Crippen LogP contribution in [0.3, 0.4) is 0 Å². The third-order valence-electron chi connectivity index (χ3n) is 5.50. The summed E-state index contributed by atoms with van der Waals surface area (Å²) in [4.78, 5) is 12.8. The lowest BCUT2D eigenvalue weighted by atomic mass is 9.67. The molecule has 1 aliphatic carbocycles. The molecule has 1 aromatic carbocycles. The zero-order chi connectivity index (χ0) is 15.8. The Morgan fingerprint density at radius 3 is 3.26 bits per heavy atom. The lowest BCUT2D eigenvalue weighted by molar-refractivity contribution is -0.0809. The van der Waals surface area contributed by atoms with Crippen molar-refractivity contribution in [3.63, 3.8) is 0 Å². The largest absolute Gasteiger partial charge is 0.384 e. The normalized spacial score (nSPS) is 31.5. The number of nitrogens with one attached hydrogen (secondary N) is 2. The van der Waals surface area contributed by atoms with Crippen LogP contribution in [0, 0.1) is 11.8 Å². The van der Waals surface area contributed by atoms with Crippen molar-refractivity contribution in [2.45, 2.75) is 31.4 Å². The molecule has 3 aliphatic rings. The maximum absolute atomic E-state index is 12.8. The zero-order valence-corrected chi connectivity index (χ0v) is 13.5. The molecule has 2 fully saturated rings. The number of amides is 1. The molecule has 1 aromatic rings. The van der Waals surface area contributed by atoms with Crippen LogP contribution >= 0.6 is 0 Å². The number of hydrogen-bond donors (Lipinski definition) is 2. The summed E-state index contributed by atoms with van der Waals surface area (Å²) in [5.74, 6) is 0.725. The number of hydrogen-bond acceptors (Lipinski definition) is 4. The van der Waals surface area contributed by atoms with Crippen molar-refractivity contribution in [2.75, 3.05) is 32.2 Å². The maximum Gasteiger partial charge on any atom is 0.253 e. The van der Waals surface area contributed by atoms with E-state index in [2.05, 4.69) is 16.7 Å². The highest BCUT2D eigenvalue weighted by molar-refractivity contribution is 6.00. The van der Waals surface area contributed by atoms with Crippen LogP contribution in [0.2, 0.25) is 0 Å². The van der Waals surface area contributed by atoms with E-state index in [0.717, 1.165) is 43.7 Å². The van der Waals surface area contributed by atoms with Crippen molar-refractivity contribution >= 4 is 11.6 Å². The predicted octanol–water partition coefficient (Wildman–Crippen LogP) is 1.82. The molecule has 0 aromatic heterocycles. The van der Waals surface area contributed by atoms with Crippen LogP contribution in [0.1, 0.15) is 28.8 Å². The van der Waals surface area contributed by atoms with Gasteiger partial charge in [0.1, 0.15) is 0 Å². The molecule has 2 heterocycles. The Balaban J connectivity index is 1.52. The minimum atomic E-state index is 0.0210. The highest BCUT2D eigenvalue weighted by atomic mass is 16.5. The molecule has 1 saturated carbocycles. The number of benzene rings is 1. The van der Waals surface area contributed by atoms with Crippen LogP contribution < -0.4 is 10.6 Å². The third kappa shape index (κ3) is 2.52. The number of ether oxygens (including phenoxy) is 2. The molecule has 0 spiro atoms. The number of methoxy groups -OCH3 is 1. The van der Waals surface area contributed by atoms with Crippen LogP contribution in [-0.4, -0.2) is 44.9 Å². The summed E-state index contributed by atoms with van der Waals surface area (Å²) in [6.07, 6.45) is 3.44. The fourth-order valence-corrected chi connectivity index (χ4v) is 4.36. The summed E-state index contributed by atoms with van der Waals surface area (Å²) >= 11 is 0. The van der Waals surface area contributed by atoms with Crippen molar-refractivity contribution < 1.29 is 14.3 Å². The Labute approximate surface area is 136 Å². The van der Waals surface area contributed by atoms with E-state index in [0.29, 0.717) is 12.5 Å². The first kappa shape index (κ1) is 15.0. The highest BCUT2D eigenvalue weighted by Crippen LogP contribution is 2.44. The molecular weight excluding hydrogens is 292 g/mol. The van der Waals surface area contributed by atoms with Gasteiger partial charge in [0, 0.05) is 38.1 Å². The monoisotopic (exact) mass is 316 g/mol. The van der Waals surface area contributed by atoms with E-state index in [1.165, 1.54) is 5.56 Å². The van der Waals surface area contributed by atoms with E-state index >= 15 is 0 Å². The van der Waals surface area contributed by atoms with Gasteiger partial charge in [0.2, 0.25) is 0 Å². The van der Waals surface area contributed by atoms with Crippen molar-refractivity contribution in [3.05, 3.63) is 29.3 Å². The molecule has 0 radical (unpaired) electrons. The van der Waals surface area contributed by atoms with Crippen molar-refractivity contribution in [1.29, 1.82) is 0 Å². The average Bonchev–Trinajstić information content (AvgIpc) is 3.01. The Hall–Kier alpha value is -1.59. The summed E-state index contributed by atoms with van der Waals surface area (Å²) < 4.78 is 11.1. The molecular formula is C18H24N2O3. The molecule has 1 amide bonds. The van der Waals surface area contributed by atoms with Gasteiger partial charge in [0.15, 0.2) is 0 Å². The van der Waals surface area contributed by atoms with E-state index in [4.69, 9.17) is 9.47 Å². The van der Waals surface area contributed by atoms with Crippen molar-refractivity contribution in [2.24, 2.45) is 11.8 Å². The molecule has 0 bridgehead atoms. The standard InChI is InChI=1S/C18H24N2O3/c1-22-10-14-16(12-7-9-23-17(12)14)20-18(21)13-6-2-4-11-5-3-8-19-15(11)13/h2,4,6,12,14,16-17,19H,3,5,7-10H2,1H3,(H,20,21)/t12-,14+,16+,17-/m1/s1. The fourth-order valence-electron chi connectivity index (χ4n) is 4.36. The zero-order valence-electron chi connectivity index (χ0n) is 13.5. The number of aryl methyl sites for hydroxylation is 1. The van der Waals surface area contributed by atoms with Gasteiger partial charge in [0.05, 0.1) is 24.0 Å². The van der Waals surface area contributed by atoms with Gasteiger partial charge < -0.3 is 20.1 Å². The number of carbonyl (C=O) groups is 1. The lowest BCUT2D eigenvalue weighted by Crippen LogP contribution is -2.62. The van der Waals surface area contributed by atoms with Crippen molar-refractivity contribution in [3.8, 4) is 0 Å². The van der Waals surface area contributed by atoms with Gasteiger partial charge in [-0.2, -0.15) is 0 Å². The van der Waals surface area contributed by atoms with E-state index in [1.54, 1.807) is 7.11 Å². The van der Waals surface area contributed by atoms with E-state index < -0.39 is 0 Å². The minimum absolute atomic E-state index is 0.0210. The SMILES string of the molecule is COC[C@H]1[C@@H](NC(=O)c2cccc3c2NCCC3)[C@H]2CCO[C@H]21. The number of para-hydroxylation sites is 1. The number of rotatable bonds is 4. The molecule has 0 unspecified atom stereocenters. The summed E-state index contributed by atoms with van der Waals surface area (Å²) in [6.45, 7) is 2.37. The predicted molar refractivity (Wildman–Crippen MR) is 87.7 cm³/mol. The molecule has 5 nitrogen and oxygen atoms in total. The lowest BCUT2D eigenvalue weighted by Gasteiger charge is -2.47. The average molecular weight is 316 g/mol. The fraction of sp³-hybridized carbons (Fsp3) is 0.611. The van der Waals surface area contributed by atoms with Gasteiger partial charge in [-0.15, -0.1) is 0 Å². The number of anilines is 1. The molecule has 2 aliphatic heterocycles. The molecule has 4 rings (SSSR count). The first-order valence-electron chi connectivity index (χ1n) is 8.57. The second-order valence-electron chi connectivity index (χ2n) is 6.78. The minimum Gasteiger partial charge on any atom is -0.384 e. The van der Waals surface area contributed by atoms with Gasteiger partial charge in [-0.05, 0) is 30.9 Å². The van der Waals surface area contributed by atoms with Crippen molar-refractivity contribution in [1.82, 2.24) is 5.32 Å². The summed E-state index contributed by atoms with van der Waals surface area (Å²) in [5.41, 5.74) is 3.02. The maximum atomic E-state index is 12.8. The molecule has 5 heteroatoms. The van der Waals surface area contributed by atoms with Crippen LogP contribution in [-0.2, 0) is 15.9 Å². The topological polar surface area (TPSA) is 59.6 Å². The smallest absolute Gasteiger partial charge is 0.253 e. The summed E-state index contributed by atoms with van der Waals surface area (Å²) in [6, 6.07) is 6.17. The van der Waals surface area contributed by atoms with Gasteiger partial charge in [0.25, 0.3) is 5.91 Å². The van der Waals surface area contributed by atoms with Gasteiger partial charge >= 0.3 is 0 Å². The number of fused-ring (bicyclic) bond motifs is 2. The highest BCUT2D eigenvalue weighted by Gasteiger charge is 2.54. The molecule has 4 atom stereocenters. The first-order chi connectivity index (χ1) is 11.3.